The summed E-state index contributed by atoms with van der Waals surface area (Å²) in [7, 11) is 0. The first-order chi connectivity index (χ1) is 26.3. The zero-order valence-corrected chi connectivity index (χ0v) is 34.4. The third-order valence-electron chi connectivity index (χ3n) is 9.64. The SMILES string of the molecule is CC(C)[C@@H](NC(=O)OC(C)(C)C)C(=O)N1CCC[C@H]1c1ncc(C#Cc2ccc(-c3cnc([C@@H]4CCCN4C(=O)[C@H](NC(=O)OC(C)(C)C)C(C)C)[nH]3)cc2)[nH]1. The molecule has 302 valence electrons. The fourth-order valence-corrected chi connectivity index (χ4v) is 6.98. The number of likely N-dealkylation sites (tertiary alicyclic amines) is 2. The molecule has 2 aromatic heterocycles. The van der Waals surface area contributed by atoms with Crippen molar-refractivity contribution in [2.45, 2.75) is 130 Å². The van der Waals surface area contributed by atoms with Gasteiger partial charge in [0, 0.05) is 18.7 Å². The highest BCUT2D eigenvalue weighted by Gasteiger charge is 2.39. The minimum absolute atomic E-state index is 0.132. The fraction of sp³-hybridized carbons (Fsp3) is 0.571. The molecule has 0 saturated carbocycles. The van der Waals surface area contributed by atoms with Crippen LogP contribution in [0.4, 0.5) is 9.59 Å². The average Bonchev–Trinajstić information content (AvgIpc) is 3.93. The highest BCUT2D eigenvalue weighted by atomic mass is 16.6. The summed E-state index contributed by atoms with van der Waals surface area (Å²) in [6.07, 6.45) is 5.39. The van der Waals surface area contributed by atoms with E-state index >= 15 is 0 Å². The number of nitrogens with zero attached hydrogens (tertiary/aromatic N) is 4. The molecule has 14 heteroatoms. The number of aromatic nitrogens is 4. The Bertz CT molecular complexity index is 1920. The Labute approximate surface area is 330 Å². The standard InChI is InChI=1S/C42H58N8O6/c1-25(2)33(47-39(53)55-41(5,6)7)37(51)49-21-11-13-31(49)35-43-23-29(45-35)20-17-27-15-18-28(19-16-27)30-24-44-36(46-30)32-14-12-22-50(32)38(52)34(26(3)4)48-40(54)56-42(8,9)10/h15-16,18-19,23-26,31-34H,11-14,21-22H2,1-10H3,(H,43,45)(H,44,46)(H,47,53)(H,48,54)/t31-,32-,33+,34+/m0/s1. The lowest BCUT2D eigenvalue weighted by Crippen LogP contribution is -2.52. The van der Waals surface area contributed by atoms with Crippen molar-refractivity contribution in [3.63, 3.8) is 0 Å². The molecular weight excluding hydrogens is 713 g/mol. The topological polar surface area (TPSA) is 175 Å². The number of carbonyl (C=O) groups is 4. The van der Waals surface area contributed by atoms with Crippen LogP contribution in [0.15, 0.2) is 36.7 Å². The lowest BCUT2D eigenvalue weighted by molar-refractivity contribution is -0.136. The van der Waals surface area contributed by atoms with Gasteiger partial charge in [0.15, 0.2) is 0 Å². The molecule has 14 nitrogen and oxygen atoms in total. The van der Waals surface area contributed by atoms with Gasteiger partial charge in [-0.15, -0.1) is 0 Å². The Morgan fingerprint density at radius 3 is 1.64 bits per heavy atom. The lowest BCUT2D eigenvalue weighted by Gasteiger charge is -2.31. The second-order valence-corrected chi connectivity index (χ2v) is 17.3. The van der Waals surface area contributed by atoms with E-state index in [9.17, 15) is 19.2 Å². The molecule has 0 bridgehead atoms. The number of imidazole rings is 2. The first-order valence-electron chi connectivity index (χ1n) is 19.6. The maximum Gasteiger partial charge on any atom is 0.408 e. The zero-order valence-electron chi connectivity index (χ0n) is 34.4. The minimum Gasteiger partial charge on any atom is -0.444 e. The van der Waals surface area contributed by atoms with E-state index in [4.69, 9.17) is 9.47 Å². The largest absolute Gasteiger partial charge is 0.444 e. The summed E-state index contributed by atoms with van der Waals surface area (Å²) in [5.41, 5.74) is 1.84. The van der Waals surface area contributed by atoms with Gasteiger partial charge in [-0.25, -0.2) is 19.6 Å². The van der Waals surface area contributed by atoms with E-state index in [1.54, 1.807) is 63.7 Å². The van der Waals surface area contributed by atoms with Gasteiger partial charge in [-0.3, -0.25) is 9.59 Å². The smallest absolute Gasteiger partial charge is 0.408 e. The molecule has 3 aromatic rings. The number of hydrogen-bond donors (Lipinski definition) is 4. The Morgan fingerprint density at radius 2 is 1.18 bits per heavy atom. The fourth-order valence-electron chi connectivity index (χ4n) is 6.98. The molecule has 0 aliphatic carbocycles. The van der Waals surface area contributed by atoms with Crippen LogP contribution in [0, 0.1) is 23.7 Å². The normalized spacial score (nSPS) is 18.4. The second-order valence-electron chi connectivity index (χ2n) is 17.3. The summed E-state index contributed by atoms with van der Waals surface area (Å²) in [5, 5.41) is 5.56. The number of hydrogen-bond acceptors (Lipinski definition) is 8. The van der Waals surface area contributed by atoms with Crippen molar-refractivity contribution in [1.29, 1.82) is 0 Å². The summed E-state index contributed by atoms with van der Waals surface area (Å²) < 4.78 is 10.8. The molecule has 4 heterocycles. The van der Waals surface area contributed by atoms with Gasteiger partial charge in [-0.05, 0) is 103 Å². The molecule has 1 aromatic carbocycles. The summed E-state index contributed by atoms with van der Waals surface area (Å²) in [4.78, 5) is 72.1. The zero-order chi connectivity index (χ0) is 40.9. The minimum atomic E-state index is -0.727. The predicted molar refractivity (Wildman–Crippen MR) is 212 cm³/mol. The third-order valence-corrected chi connectivity index (χ3v) is 9.64. The summed E-state index contributed by atoms with van der Waals surface area (Å²) in [6.45, 7) is 19.5. The number of H-pyrrole nitrogens is 2. The molecule has 56 heavy (non-hydrogen) atoms. The van der Waals surface area contributed by atoms with Gasteiger partial charge in [-0.1, -0.05) is 45.7 Å². The van der Waals surface area contributed by atoms with Crippen LogP contribution < -0.4 is 10.6 Å². The van der Waals surface area contributed by atoms with E-state index in [1.807, 2.05) is 52.0 Å². The number of alkyl carbamates (subject to hydrolysis) is 2. The van der Waals surface area contributed by atoms with Crippen LogP contribution in [0.1, 0.15) is 130 Å². The molecule has 5 rings (SSSR count). The summed E-state index contributed by atoms with van der Waals surface area (Å²) in [5.74, 6) is 7.12. The van der Waals surface area contributed by atoms with Crippen LogP contribution in [-0.4, -0.2) is 90.1 Å². The summed E-state index contributed by atoms with van der Waals surface area (Å²) in [6, 6.07) is 5.87. The van der Waals surface area contributed by atoms with Crippen LogP contribution in [0.25, 0.3) is 11.3 Å². The van der Waals surface area contributed by atoms with Crippen LogP contribution >= 0.6 is 0 Å². The molecule has 2 aliphatic heterocycles. The van der Waals surface area contributed by atoms with E-state index in [1.165, 1.54) is 0 Å². The van der Waals surface area contributed by atoms with Crippen molar-refractivity contribution in [3.05, 3.63) is 59.6 Å². The number of amides is 4. The Morgan fingerprint density at radius 1 is 0.714 bits per heavy atom. The molecule has 4 amide bonds. The number of carbonyl (C=O) groups excluding carboxylic acids is 4. The van der Waals surface area contributed by atoms with Crippen LogP contribution in [0.2, 0.25) is 0 Å². The second kappa shape index (κ2) is 17.2. The van der Waals surface area contributed by atoms with Crippen molar-refractivity contribution in [2.24, 2.45) is 11.8 Å². The average molecular weight is 771 g/mol. The lowest BCUT2D eigenvalue weighted by atomic mass is 10.0. The van der Waals surface area contributed by atoms with E-state index in [2.05, 4.69) is 42.4 Å². The van der Waals surface area contributed by atoms with Crippen molar-refractivity contribution >= 4 is 24.0 Å². The molecule has 0 unspecified atom stereocenters. The van der Waals surface area contributed by atoms with Gasteiger partial charge < -0.3 is 39.9 Å². The van der Waals surface area contributed by atoms with E-state index in [0.717, 1.165) is 42.5 Å². The van der Waals surface area contributed by atoms with Crippen molar-refractivity contribution < 1.29 is 28.7 Å². The number of benzene rings is 1. The van der Waals surface area contributed by atoms with Gasteiger partial charge >= 0.3 is 12.2 Å². The molecule has 0 radical (unpaired) electrons. The van der Waals surface area contributed by atoms with Crippen LogP contribution in [-0.2, 0) is 19.1 Å². The number of ether oxygens (including phenoxy) is 2. The van der Waals surface area contributed by atoms with Gasteiger partial charge in [0.05, 0.1) is 30.2 Å². The molecule has 2 fully saturated rings. The third kappa shape index (κ3) is 10.7. The summed E-state index contributed by atoms with van der Waals surface area (Å²) >= 11 is 0. The quantitative estimate of drug-likeness (QED) is 0.176. The molecule has 2 saturated heterocycles. The molecule has 4 N–H and O–H groups in total. The first kappa shape index (κ1) is 41.8. The van der Waals surface area contributed by atoms with Gasteiger partial charge in [0.2, 0.25) is 11.8 Å². The van der Waals surface area contributed by atoms with E-state index in [-0.39, 0.29) is 35.7 Å². The highest BCUT2D eigenvalue weighted by Crippen LogP contribution is 2.34. The van der Waals surface area contributed by atoms with Crippen molar-refractivity contribution in [2.75, 3.05) is 13.1 Å². The van der Waals surface area contributed by atoms with E-state index < -0.39 is 35.5 Å². The molecular formula is C42H58N8O6. The van der Waals surface area contributed by atoms with Crippen molar-refractivity contribution in [1.82, 2.24) is 40.4 Å². The first-order valence-corrected chi connectivity index (χ1v) is 19.6. The maximum atomic E-state index is 13.7. The Balaban J connectivity index is 1.22. The highest BCUT2D eigenvalue weighted by molar-refractivity contribution is 5.87. The Hall–Kier alpha value is -5.32. The number of rotatable bonds is 9. The molecule has 2 aliphatic rings. The van der Waals surface area contributed by atoms with Crippen LogP contribution in [0.3, 0.4) is 0 Å². The van der Waals surface area contributed by atoms with Gasteiger partial charge in [0.1, 0.15) is 40.6 Å². The van der Waals surface area contributed by atoms with Crippen molar-refractivity contribution in [3.8, 4) is 23.1 Å². The van der Waals surface area contributed by atoms with Gasteiger partial charge in [0.25, 0.3) is 0 Å². The Kier molecular flexibility index (Phi) is 12.9. The maximum absolute atomic E-state index is 13.7. The molecule has 4 atom stereocenters. The predicted octanol–water partition coefficient (Wildman–Crippen LogP) is 6.63. The van der Waals surface area contributed by atoms with Gasteiger partial charge in [-0.2, -0.15) is 0 Å². The molecule has 0 spiro atoms. The van der Waals surface area contributed by atoms with E-state index in [0.29, 0.717) is 30.4 Å². The van der Waals surface area contributed by atoms with Crippen LogP contribution in [0.5, 0.6) is 0 Å². The number of nitrogens with one attached hydrogen (secondary N) is 4. The monoisotopic (exact) mass is 770 g/mol. The number of aromatic amines is 2.